The van der Waals surface area contributed by atoms with Crippen LogP contribution in [0, 0.1) is 17.3 Å². The number of hydrogen-bond donors (Lipinski definition) is 1. The number of hydrogen-bond acceptors (Lipinski definition) is 6. The van der Waals surface area contributed by atoms with E-state index >= 15 is 0 Å². The summed E-state index contributed by atoms with van der Waals surface area (Å²) in [5, 5.41) is 11.3. The van der Waals surface area contributed by atoms with Crippen molar-refractivity contribution >= 4 is 17.6 Å². The molecular formula is C19H21NO5. The first-order valence-electron chi connectivity index (χ1n) is 8.84. The van der Waals surface area contributed by atoms with E-state index in [0.717, 1.165) is 12.8 Å². The van der Waals surface area contributed by atoms with Gasteiger partial charge in [0.05, 0.1) is 18.2 Å². The molecule has 0 radical (unpaired) electrons. The topological polar surface area (TPSA) is 79.8 Å². The zero-order valence-electron chi connectivity index (χ0n) is 14.3. The zero-order valence-corrected chi connectivity index (χ0v) is 14.3. The molecule has 2 saturated heterocycles. The molecule has 3 fully saturated rings. The van der Waals surface area contributed by atoms with Gasteiger partial charge in [0.25, 0.3) is 0 Å². The highest BCUT2D eigenvalue weighted by atomic mass is 16.6. The number of fused-ring (bicyclic) bond motifs is 4. The quantitative estimate of drug-likeness (QED) is 0.617. The van der Waals surface area contributed by atoms with Gasteiger partial charge >= 0.3 is 5.97 Å². The number of anilines is 1. The van der Waals surface area contributed by atoms with Crippen LogP contribution in [-0.2, 0) is 14.3 Å². The molecule has 3 unspecified atom stereocenters. The molecule has 2 aliphatic carbocycles. The van der Waals surface area contributed by atoms with Crippen LogP contribution < -0.4 is 4.90 Å². The lowest BCUT2D eigenvalue weighted by Gasteiger charge is -2.43. The molecule has 3 heterocycles. The van der Waals surface area contributed by atoms with Gasteiger partial charge in [-0.05, 0) is 43.9 Å². The van der Waals surface area contributed by atoms with Gasteiger partial charge < -0.3 is 19.2 Å². The summed E-state index contributed by atoms with van der Waals surface area (Å²) in [6, 6.07) is 3.62. The predicted molar refractivity (Wildman–Crippen MR) is 87.8 cm³/mol. The maximum Gasteiger partial charge on any atom is 0.334 e. The number of ketones is 1. The van der Waals surface area contributed by atoms with Crippen molar-refractivity contribution < 1.29 is 23.8 Å². The molecular weight excluding hydrogens is 322 g/mol. The number of aliphatic hydroxyl groups is 1. The van der Waals surface area contributed by atoms with Gasteiger partial charge in [-0.2, -0.15) is 0 Å². The lowest BCUT2D eigenvalue weighted by molar-refractivity contribution is -0.166. The summed E-state index contributed by atoms with van der Waals surface area (Å²) in [7, 11) is 0. The summed E-state index contributed by atoms with van der Waals surface area (Å²) in [6.45, 7) is 4.25. The number of rotatable bonds is 1. The van der Waals surface area contributed by atoms with Gasteiger partial charge in [0, 0.05) is 12.0 Å². The van der Waals surface area contributed by atoms with Crippen LogP contribution in [-0.4, -0.2) is 40.6 Å². The van der Waals surface area contributed by atoms with E-state index in [4.69, 9.17) is 9.15 Å². The Balaban J connectivity index is 1.60. The van der Waals surface area contributed by atoms with Crippen molar-refractivity contribution in [1.82, 2.24) is 0 Å². The summed E-state index contributed by atoms with van der Waals surface area (Å²) in [5.41, 5.74) is -3.18. The Labute approximate surface area is 145 Å². The van der Waals surface area contributed by atoms with Crippen molar-refractivity contribution in [2.75, 3.05) is 11.4 Å². The lowest BCUT2D eigenvalue weighted by Crippen LogP contribution is -2.57. The average molecular weight is 343 g/mol. The summed E-state index contributed by atoms with van der Waals surface area (Å²) >= 11 is 0. The molecule has 5 rings (SSSR count). The predicted octanol–water partition coefficient (Wildman–Crippen LogP) is 1.69. The highest BCUT2D eigenvalue weighted by Crippen LogP contribution is 2.62. The van der Waals surface area contributed by atoms with Gasteiger partial charge in [-0.25, -0.2) is 4.79 Å². The first-order chi connectivity index (χ1) is 11.9. The number of carbonyl (C=O) groups excluding carboxylic acids is 2. The van der Waals surface area contributed by atoms with Crippen LogP contribution in [0.3, 0.4) is 0 Å². The molecule has 25 heavy (non-hydrogen) atoms. The molecule has 2 aliphatic heterocycles. The van der Waals surface area contributed by atoms with Crippen molar-refractivity contribution in [2.24, 2.45) is 17.3 Å². The Kier molecular flexibility index (Phi) is 2.65. The Morgan fingerprint density at radius 2 is 2.12 bits per heavy atom. The summed E-state index contributed by atoms with van der Waals surface area (Å²) in [5.74, 6) is -0.0514. The van der Waals surface area contributed by atoms with Gasteiger partial charge in [0.15, 0.2) is 17.2 Å². The summed E-state index contributed by atoms with van der Waals surface area (Å²) in [6.07, 6.45) is 5.48. The van der Waals surface area contributed by atoms with E-state index in [1.165, 1.54) is 6.08 Å². The fraction of sp³-hybridized carbons (Fsp3) is 0.579. The molecule has 6 heteroatoms. The average Bonchev–Trinajstić information content (AvgIpc) is 2.88. The minimum Gasteiger partial charge on any atom is -0.459 e. The van der Waals surface area contributed by atoms with Crippen LogP contribution in [0.25, 0.3) is 0 Å². The van der Waals surface area contributed by atoms with Crippen LogP contribution >= 0.6 is 0 Å². The molecule has 1 aromatic rings. The minimum absolute atomic E-state index is 0.0858. The number of nitrogens with zero attached hydrogens (tertiary/aromatic N) is 1. The van der Waals surface area contributed by atoms with Crippen LogP contribution in [0.5, 0.6) is 0 Å². The van der Waals surface area contributed by atoms with Gasteiger partial charge in [0.2, 0.25) is 0 Å². The molecule has 6 atom stereocenters. The molecule has 1 aromatic heterocycles. The Bertz CT molecular complexity index is 801. The molecule has 4 aliphatic rings. The van der Waals surface area contributed by atoms with E-state index in [1.807, 2.05) is 17.9 Å². The Morgan fingerprint density at radius 3 is 2.84 bits per heavy atom. The Hall–Kier alpha value is -2.08. The molecule has 0 bridgehead atoms. The normalized spacial score (nSPS) is 47.6. The molecule has 1 spiro atoms. The van der Waals surface area contributed by atoms with Gasteiger partial charge in [0.1, 0.15) is 11.7 Å². The second kappa shape index (κ2) is 4.36. The first-order valence-corrected chi connectivity index (χ1v) is 8.84. The number of allylic oxidation sites excluding steroid dienone is 1. The zero-order chi connectivity index (χ0) is 17.6. The fourth-order valence-electron chi connectivity index (χ4n) is 5.45. The van der Waals surface area contributed by atoms with E-state index < -0.39 is 22.7 Å². The van der Waals surface area contributed by atoms with Crippen molar-refractivity contribution in [3.8, 4) is 0 Å². The van der Waals surface area contributed by atoms with Crippen molar-refractivity contribution in [3.63, 3.8) is 0 Å². The third-order valence-electron chi connectivity index (χ3n) is 7.18. The third-order valence-corrected chi connectivity index (χ3v) is 7.18. The SMILES string of the molecule is C[C@H]1CCC2C(OC(=O)C23CN3c2ccco2)[C@]2(C)C(=O)C=C[C@@]12O. The smallest absolute Gasteiger partial charge is 0.334 e. The minimum atomic E-state index is -1.28. The largest absolute Gasteiger partial charge is 0.459 e. The summed E-state index contributed by atoms with van der Waals surface area (Å²) < 4.78 is 11.3. The monoisotopic (exact) mass is 343 g/mol. The lowest BCUT2D eigenvalue weighted by atomic mass is 9.64. The molecule has 6 nitrogen and oxygen atoms in total. The first kappa shape index (κ1) is 15.2. The number of esters is 1. The fourth-order valence-corrected chi connectivity index (χ4v) is 5.45. The van der Waals surface area contributed by atoms with Crippen LogP contribution in [0.2, 0.25) is 0 Å². The number of carbonyl (C=O) groups is 2. The third kappa shape index (κ3) is 1.51. The maximum atomic E-state index is 12.8. The molecule has 132 valence electrons. The van der Waals surface area contributed by atoms with Gasteiger partial charge in [-0.15, -0.1) is 0 Å². The second-order valence-corrected chi connectivity index (χ2v) is 8.10. The maximum absolute atomic E-state index is 12.8. The standard InChI is InChI=1S/C19H21NO5/c1-11-5-6-12-15(17(2)13(21)7-8-19(11,17)23)25-16(22)18(12)10-20(18)14-4-3-9-24-14/h3-4,7-9,11-12,15,23H,5-6,10H2,1-2H3/t11-,12?,15?,17-,18?,19+,20?/m0/s1. The number of furan rings is 1. The van der Waals surface area contributed by atoms with Gasteiger partial charge in [-0.3, -0.25) is 4.79 Å². The van der Waals surface area contributed by atoms with Crippen LogP contribution in [0.4, 0.5) is 5.88 Å². The van der Waals surface area contributed by atoms with Crippen molar-refractivity contribution in [2.45, 2.75) is 43.9 Å². The van der Waals surface area contributed by atoms with Crippen LogP contribution in [0.1, 0.15) is 26.7 Å². The van der Waals surface area contributed by atoms with E-state index in [0.29, 0.717) is 12.4 Å². The number of ether oxygens (including phenoxy) is 1. The van der Waals surface area contributed by atoms with Gasteiger partial charge in [-0.1, -0.05) is 6.92 Å². The van der Waals surface area contributed by atoms with Crippen LogP contribution in [0.15, 0.2) is 35.0 Å². The molecule has 0 aromatic carbocycles. The summed E-state index contributed by atoms with van der Waals surface area (Å²) in [4.78, 5) is 27.5. The highest BCUT2D eigenvalue weighted by molar-refractivity contribution is 6.02. The van der Waals surface area contributed by atoms with Crippen molar-refractivity contribution in [3.05, 3.63) is 30.5 Å². The second-order valence-electron chi connectivity index (χ2n) is 8.10. The van der Waals surface area contributed by atoms with E-state index in [-0.39, 0.29) is 23.6 Å². The Morgan fingerprint density at radius 1 is 1.32 bits per heavy atom. The van der Waals surface area contributed by atoms with E-state index in [2.05, 4.69) is 0 Å². The highest BCUT2D eigenvalue weighted by Gasteiger charge is 2.77. The molecule has 1 N–H and O–H groups in total. The van der Waals surface area contributed by atoms with Crippen molar-refractivity contribution in [1.29, 1.82) is 0 Å². The molecule has 1 saturated carbocycles. The van der Waals surface area contributed by atoms with E-state index in [9.17, 15) is 14.7 Å². The van der Waals surface area contributed by atoms with E-state index in [1.54, 1.807) is 25.3 Å². The molecule has 0 amide bonds.